The van der Waals surface area contributed by atoms with Crippen molar-refractivity contribution >= 4 is 39.5 Å². The van der Waals surface area contributed by atoms with Crippen molar-refractivity contribution in [1.29, 1.82) is 0 Å². The first kappa shape index (κ1) is 107. The molecule has 3 N–H and O–H groups in total. The molecular weight excluding hydrogens is 1450 g/mol. The van der Waals surface area contributed by atoms with Crippen molar-refractivity contribution < 1.29 is 80.2 Å². The number of ether oxygens (including phenoxy) is 4. The first-order valence-corrected chi connectivity index (χ1v) is 47.1. The van der Waals surface area contributed by atoms with E-state index in [1.807, 2.05) is 0 Å². The molecule has 0 bridgehead atoms. The molecule has 0 aromatic carbocycles. The fourth-order valence-corrected chi connectivity index (χ4v) is 13.2. The SMILES string of the molecule is CC/C=C\C/C=C\C/C=C\C/C=C\C/C=C\CCCCCC(=O)OCC(COP(=O)(O)OCC(O)COP(=O)(O)OCC(COC(=O)CCCCCCCC/C=C\C/C=C\C/C=C\CCCCC)OC(=O)CCCCCCCCCCCCCCCCC)OC(=O)CCCCCCCC/C=C\C/C=C\C/C=C\C/C=C\CC. The lowest BCUT2D eigenvalue weighted by atomic mass is 10.0. The normalized spacial score (nSPS) is 14.5. The molecule has 0 saturated heterocycles. The second-order valence-corrected chi connectivity index (χ2v) is 32.0. The van der Waals surface area contributed by atoms with E-state index in [9.17, 15) is 43.2 Å². The summed E-state index contributed by atoms with van der Waals surface area (Å²) >= 11 is 0. The minimum absolute atomic E-state index is 0.0671. The van der Waals surface area contributed by atoms with Crippen LogP contribution in [-0.2, 0) is 65.4 Å². The maximum absolute atomic E-state index is 13.2. The van der Waals surface area contributed by atoms with Crippen LogP contribution in [0.25, 0.3) is 0 Å². The van der Waals surface area contributed by atoms with E-state index >= 15 is 0 Å². The number of phosphoric ester groups is 2. The van der Waals surface area contributed by atoms with Gasteiger partial charge in [-0.3, -0.25) is 37.3 Å². The third-order valence-corrected chi connectivity index (χ3v) is 20.2. The van der Waals surface area contributed by atoms with E-state index in [2.05, 4.69) is 174 Å². The molecule has 642 valence electrons. The van der Waals surface area contributed by atoms with Gasteiger partial charge in [-0.25, -0.2) is 9.13 Å². The summed E-state index contributed by atoms with van der Waals surface area (Å²) < 4.78 is 68.9. The summed E-state index contributed by atoms with van der Waals surface area (Å²) in [6.45, 7) is 4.61. The minimum atomic E-state index is -5.00. The van der Waals surface area contributed by atoms with Crippen LogP contribution in [0, 0.1) is 0 Å². The van der Waals surface area contributed by atoms with Gasteiger partial charge in [-0.2, -0.15) is 0 Å². The molecular formula is C93H158O17P2. The van der Waals surface area contributed by atoms with E-state index in [-0.39, 0.29) is 25.7 Å². The number of carbonyl (C=O) groups excluding carboxylic acids is 4. The number of aliphatic hydroxyl groups excluding tert-OH is 1. The molecule has 0 aromatic rings. The van der Waals surface area contributed by atoms with Crippen LogP contribution in [-0.4, -0.2) is 96.7 Å². The van der Waals surface area contributed by atoms with Gasteiger partial charge in [-0.1, -0.05) is 334 Å². The van der Waals surface area contributed by atoms with Crippen molar-refractivity contribution in [3.05, 3.63) is 146 Å². The average Bonchev–Trinajstić information content (AvgIpc) is 0.898. The third kappa shape index (κ3) is 82.9. The molecule has 0 aliphatic rings. The van der Waals surface area contributed by atoms with Gasteiger partial charge in [-0.15, -0.1) is 0 Å². The molecule has 17 nitrogen and oxygen atoms in total. The van der Waals surface area contributed by atoms with Crippen LogP contribution >= 0.6 is 15.6 Å². The van der Waals surface area contributed by atoms with Crippen molar-refractivity contribution in [2.45, 2.75) is 380 Å². The number of aliphatic hydroxyl groups is 1. The van der Waals surface area contributed by atoms with E-state index in [0.29, 0.717) is 25.7 Å². The van der Waals surface area contributed by atoms with E-state index in [4.69, 9.17) is 37.0 Å². The number of phosphoric acid groups is 2. The quantitative estimate of drug-likeness (QED) is 0.0169. The van der Waals surface area contributed by atoms with Crippen LogP contribution in [0.1, 0.15) is 362 Å². The smallest absolute Gasteiger partial charge is 0.462 e. The number of carbonyl (C=O) groups is 4. The van der Waals surface area contributed by atoms with Crippen molar-refractivity contribution in [3.63, 3.8) is 0 Å². The lowest BCUT2D eigenvalue weighted by Gasteiger charge is -2.21. The predicted molar refractivity (Wildman–Crippen MR) is 464 cm³/mol. The molecule has 5 atom stereocenters. The summed E-state index contributed by atoms with van der Waals surface area (Å²) in [6.07, 6.45) is 97.9. The third-order valence-electron chi connectivity index (χ3n) is 18.3. The zero-order valence-corrected chi connectivity index (χ0v) is 72.3. The molecule has 0 spiro atoms. The Labute approximate surface area is 681 Å². The molecule has 5 unspecified atom stereocenters. The van der Waals surface area contributed by atoms with Gasteiger partial charge in [0.15, 0.2) is 12.2 Å². The van der Waals surface area contributed by atoms with Crippen molar-refractivity contribution in [1.82, 2.24) is 0 Å². The zero-order chi connectivity index (χ0) is 81.7. The fraction of sp³-hybridized carbons (Fsp3) is 0.699. The Hall–Kier alpha value is -5.06. The van der Waals surface area contributed by atoms with Gasteiger partial charge in [0.2, 0.25) is 0 Å². The van der Waals surface area contributed by atoms with Gasteiger partial charge in [0.1, 0.15) is 19.3 Å². The minimum Gasteiger partial charge on any atom is -0.462 e. The first-order chi connectivity index (χ1) is 54.7. The molecule has 0 aromatic heterocycles. The van der Waals surface area contributed by atoms with Crippen LogP contribution in [0.2, 0.25) is 0 Å². The molecule has 0 aliphatic heterocycles. The Morgan fingerprint density at radius 3 is 0.741 bits per heavy atom. The monoisotopic (exact) mass is 1610 g/mol. The summed E-state index contributed by atoms with van der Waals surface area (Å²) in [5.74, 6) is -2.23. The van der Waals surface area contributed by atoms with E-state index in [0.717, 1.165) is 199 Å². The molecule has 112 heavy (non-hydrogen) atoms. The molecule has 0 heterocycles. The largest absolute Gasteiger partial charge is 0.472 e. The van der Waals surface area contributed by atoms with E-state index in [1.54, 1.807) is 0 Å². The summed E-state index contributed by atoms with van der Waals surface area (Å²) in [5, 5.41) is 10.7. The molecule has 0 rings (SSSR count). The van der Waals surface area contributed by atoms with Gasteiger partial charge >= 0.3 is 39.5 Å². The summed E-state index contributed by atoms with van der Waals surface area (Å²) in [5.41, 5.74) is 0. The number of hydrogen-bond acceptors (Lipinski definition) is 15. The van der Waals surface area contributed by atoms with Gasteiger partial charge in [0.25, 0.3) is 0 Å². The number of rotatable bonds is 82. The summed E-state index contributed by atoms with van der Waals surface area (Å²) in [4.78, 5) is 73.4. The van der Waals surface area contributed by atoms with Crippen molar-refractivity contribution in [3.8, 4) is 0 Å². The number of hydrogen-bond donors (Lipinski definition) is 3. The maximum Gasteiger partial charge on any atom is 0.472 e. The molecule has 0 saturated carbocycles. The Morgan fingerprint density at radius 2 is 0.464 bits per heavy atom. The molecule has 0 radical (unpaired) electrons. The fourth-order valence-electron chi connectivity index (χ4n) is 11.7. The Bertz CT molecular complexity index is 2690. The highest BCUT2D eigenvalue weighted by Gasteiger charge is 2.30. The predicted octanol–water partition coefficient (Wildman–Crippen LogP) is 26.6. The Balaban J connectivity index is 5.43. The van der Waals surface area contributed by atoms with Gasteiger partial charge in [-0.05, 0) is 148 Å². The number of unbranched alkanes of at least 4 members (excludes halogenated alkanes) is 32. The van der Waals surface area contributed by atoms with E-state index in [1.165, 1.54) is 83.5 Å². The summed E-state index contributed by atoms with van der Waals surface area (Å²) in [7, 11) is -9.99. The van der Waals surface area contributed by atoms with E-state index < -0.39 is 97.5 Å². The van der Waals surface area contributed by atoms with Crippen LogP contribution in [0.4, 0.5) is 0 Å². The first-order valence-electron chi connectivity index (χ1n) is 44.1. The van der Waals surface area contributed by atoms with Crippen molar-refractivity contribution in [2.75, 3.05) is 39.6 Å². The molecule has 0 fully saturated rings. The maximum atomic E-state index is 13.2. The molecule has 0 aliphatic carbocycles. The van der Waals surface area contributed by atoms with Crippen LogP contribution in [0.15, 0.2) is 146 Å². The second-order valence-electron chi connectivity index (χ2n) is 29.1. The number of esters is 4. The average molecular weight is 1610 g/mol. The van der Waals surface area contributed by atoms with Gasteiger partial charge in [0.05, 0.1) is 26.4 Å². The molecule has 19 heteroatoms. The topological polar surface area (TPSA) is 237 Å². The highest BCUT2D eigenvalue weighted by Crippen LogP contribution is 2.45. The highest BCUT2D eigenvalue weighted by molar-refractivity contribution is 7.47. The zero-order valence-electron chi connectivity index (χ0n) is 70.6. The van der Waals surface area contributed by atoms with Gasteiger partial charge in [0, 0.05) is 25.7 Å². The lowest BCUT2D eigenvalue weighted by Crippen LogP contribution is -2.30. The number of allylic oxidation sites excluding steroid dienone is 24. The summed E-state index contributed by atoms with van der Waals surface area (Å²) in [6, 6.07) is 0. The lowest BCUT2D eigenvalue weighted by molar-refractivity contribution is -0.161. The standard InChI is InChI=1S/C93H158O17P2/c1-5-9-13-17-21-25-29-33-37-40-43-46-50-53-57-61-65-69-73-77-90(95)103-83-88(109-92(97)79-75-71-67-63-59-55-49-36-32-28-24-20-16-12-8-4)85-107-111(99,100)105-81-87(94)82-106-112(101,102)108-86-89(110-93(98)80-76-72-68-64-60-56-52-48-45-42-39-35-31-27-23-19-15-11-7-3)84-104-91(96)78-74-70-66-62-58-54-51-47-44-41-38-34-30-26-22-18-14-10-6-2/h10-11,14-15,21-23,25-27,33-35,37-39,43-48,54,58,87-89,94H,5-9,12-13,16-20,24,28-32,36,40-42,49-53,55-57,59-86H2,1-4H3,(H,99,100)(H,101,102)/b14-10-,15-11-,25-21-,26-22-,27-23-,37-33-,38-34-,39-35-,46-43-,47-44-,48-45-,58-54-. The van der Waals surface area contributed by atoms with Crippen LogP contribution in [0.3, 0.4) is 0 Å². The second kappa shape index (κ2) is 83.9. The van der Waals surface area contributed by atoms with Gasteiger partial charge < -0.3 is 33.8 Å². The molecule has 0 amide bonds. The Morgan fingerprint density at radius 1 is 0.259 bits per heavy atom. The van der Waals surface area contributed by atoms with Crippen LogP contribution in [0.5, 0.6) is 0 Å². The highest BCUT2D eigenvalue weighted by atomic mass is 31.2. The van der Waals surface area contributed by atoms with Crippen molar-refractivity contribution in [2.24, 2.45) is 0 Å². The van der Waals surface area contributed by atoms with Crippen LogP contribution < -0.4 is 0 Å². The Kier molecular flexibility index (Phi) is 80.1.